The van der Waals surface area contributed by atoms with Gasteiger partial charge in [-0.25, -0.2) is 4.39 Å². The van der Waals surface area contributed by atoms with Gasteiger partial charge in [-0.1, -0.05) is 30.4 Å². The average molecular weight is 240 g/mol. The number of benzene rings is 1. The van der Waals surface area contributed by atoms with Gasteiger partial charge in [-0.05, 0) is 18.1 Å². The van der Waals surface area contributed by atoms with Crippen molar-refractivity contribution in [3.8, 4) is 0 Å². The van der Waals surface area contributed by atoms with Crippen molar-refractivity contribution < 1.29 is 9.18 Å². The number of carbonyl (C=O) groups is 1. The molecule has 0 aliphatic carbocycles. The van der Waals surface area contributed by atoms with Gasteiger partial charge in [0.05, 0.1) is 11.5 Å². The van der Waals surface area contributed by atoms with Crippen molar-refractivity contribution in [2.75, 3.05) is 6.54 Å². The van der Waals surface area contributed by atoms with E-state index in [2.05, 4.69) is 17.5 Å². The van der Waals surface area contributed by atoms with E-state index in [4.69, 9.17) is 5.73 Å². The van der Waals surface area contributed by atoms with Crippen molar-refractivity contribution in [3.05, 3.63) is 35.6 Å². The zero-order valence-corrected chi connectivity index (χ0v) is 9.52. The Morgan fingerprint density at radius 1 is 1.44 bits per heavy atom. The molecule has 3 N–H and O–H groups in total. The molecule has 0 heterocycles. The molecule has 0 unspecified atom stereocenters. The standard InChI is InChI=1S/C11H13FN2OS/c12-9-4-2-1-3-8(9)5-6-11(15)14-7-10(13)16/h1-4H,5-7H2,(H2,13,16)(H,14,15). The highest BCUT2D eigenvalue weighted by Crippen LogP contribution is 2.08. The molecule has 0 bridgehead atoms. The number of hydrogen-bond donors (Lipinski definition) is 2. The van der Waals surface area contributed by atoms with Gasteiger partial charge in [-0.3, -0.25) is 4.79 Å². The smallest absolute Gasteiger partial charge is 0.220 e. The zero-order chi connectivity index (χ0) is 12.0. The Morgan fingerprint density at radius 2 is 2.12 bits per heavy atom. The maximum absolute atomic E-state index is 13.2. The lowest BCUT2D eigenvalue weighted by Crippen LogP contribution is -2.32. The highest BCUT2D eigenvalue weighted by molar-refractivity contribution is 7.80. The lowest BCUT2D eigenvalue weighted by Gasteiger charge is -2.04. The number of amides is 1. The average Bonchev–Trinajstić information content (AvgIpc) is 2.25. The van der Waals surface area contributed by atoms with E-state index < -0.39 is 0 Å². The third-order valence-corrected chi connectivity index (χ3v) is 2.18. The summed E-state index contributed by atoms with van der Waals surface area (Å²) >= 11 is 4.62. The van der Waals surface area contributed by atoms with E-state index in [1.54, 1.807) is 18.2 Å². The van der Waals surface area contributed by atoms with Crippen molar-refractivity contribution in [3.63, 3.8) is 0 Å². The largest absolute Gasteiger partial charge is 0.392 e. The van der Waals surface area contributed by atoms with Crippen LogP contribution in [0.4, 0.5) is 4.39 Å². The Kier molecular flexibility index (Phi) is 4.85. The van der Waals surface area contributed by atoms with E-state index in [9.17, 15) is 9.18 Å². The molecule has 16 heavy (non-hydrogen) atoms. The summed E-state index contributed by atoms with van der Waals surface area (Å²) < 4.78 is 13.2. The molecule has 86 valence electrons. The van der Waals surface area contributed by atoms with Gasteiger partial charge in [-0.15, -0.1) is 0 Å². The SMILES string of the molecule is NC(=S)CNC(=O)CCc1ccccc1F. The summed E-state index contributed by atoms with van der Waals surface area (Å²) in [6.07, 6.45) is 0.597. The summed E-state index contributed by atoms with van der Waals surface area (Å²) in [6, 6.07) is 6.40. The molecular weight excluding hydrogens is 227 g/mol. The van der Waals surface area contributed by atoms with Crippen LogP contribution < -0.4 is 11.1 Å². The molecular formula is C11H13FN2OS. The molecule has 0 atom stereocenters. The van der Waals surface area contributed by atoms with Crippen LogP contribution in [-0.4, -0.2) is 17.4 Å². The first kappa shape index (κ1) is 12.6. The number of carbonyl (C=O) groups excluding carboxylic acids is 1. The molecule has 0 aliphatic heterocycles. The van der Waals surface area contributed by atoms with Gasteiger partial charge in [0.25, 0.3) is 0 Å². The Bertz CT molecular complexity index is 395. The summed E-state index contributed by atoms with van der Waals surface area (Å²) in [5, 5.41) is 2.54. The predicted octanol–water partition coefficient (Wildman–Crippen LogP) is 1.16. The molecule has 0 aliphatic rings. The molecule has 0 fully saturated rings. The van der Waals surface area contributed by atoms with Crippen LogP contribution >= 0.6 is 12.2 Å². The molecule has 1 rings (SSSR count). The van der Waals surface area contributed by atoms with Crippen LogP contribution in [-0.2, 0) is 11.2 Å². The highest BCUT2D eigenvalue weighted by atomic mass is 32.1. The minimum Gasteiger partial charge on any atom is -0.392 e. The van der Waals surface area contributed by atoms with Crippen LogP contribution in [0.3, 0.4) is 0 Å². The lowest BCUT2D eigenvalue weighted by atomic mass is 10.1. The van der Waals surface area contributed by atoms with Crippen LogP contribution in [0.1, 0.15) is 12.0 Å². The third-order valence-electron chi connectivity index (χ3n) is 2.04. The maximum Gasteiger partial charge on any atom is 0.220 e. The van der Waals surface area contributed by atoms with Gasteiger partial charge < -0.3 is 11.1 Å². The zero-order valence-electron chi connectivity index (χ0n) is 8.70. The third kappa shape index (κ3) is 4.35. The van der Waals surface area contributed by atoms with Gasteiger partial charge in [0, 0.05) is 6.42 Å². The molecule has 1 aromatic rings. The minimum atomic E-state index is -0.287. The second kappa shape index (κ2) is 6.17. The Balaban J connectivity index is 2.37. The molecule has 0 saturated heterocycles. The van der Waals surface area contributed by atoms with Crippen molar-refractivity contribution in [2.24, 2.45) is 5.73 Å². The van der Waals surface area contributed by atoms with Crippen LogP contribution in [0.15, 0.2) is 24.3 Å². The monoisotopic (exact) mass is 240 g/mol. The number of thiocarbonyl (C=S) groups is 1. The Hall–Kier alpha value is -1.49. The fourth-order valence-corrected chi connectivity index (χ4v) is 1.30. The Labute approximate surface area is 98.8 Å². The second-order valence-electron chi connectivity index (χ2n) is 3.33. The first-order chi connectivity index (χ1) is 7.59. The number of nitrogens with one attached hydrogen (secondary N) is 1. The number of rotatable bonds is 5. The van der Waals surface area contributed by atoms with Crippen LogP contribution in [0.25, 0.3) is 0 Å². The minimum absolute atomic E-state index is 0.184. The summed E-state index contributed by atoms with van der Waals surface area (Å²) in [5.41, 5.74) is 5.76. The molecule has 0 aromatic heterocycles. The topological polar surface area (TPSA) is 55.1 Å². The molecule has 1 amide bonds. The second-order valence-corrected chi connectivity index (χ2v) is 3.86. The van der Waals surface area contributed by atoms with E-state index >= 15 is 0 Å². The number of aryl methyl sites for hydroxylation is 1. The van der Waals surface area contributed by atoms with Crippen molar-refractivity contribution in [1.82, 2.24) is 5.32 Å². The molecule has 5 heteroatoms. The summed E-state index contributed by atoms with van der Waals surface area (Å²) in [4.78, 5) is 11.5. The number of nitrogens with two attached hydrogens (primary N) is 1. The van der Waals surface area contributed by atoms with Crippen molar-refractivity contribution in [1.29, 1.82) is 0 Å². The maximum atomic E-state index is 13.2. The van der Waals surface area contributed by atoms with Gasteiger partial charge in [-0.2, -0.15) is 0 Å². The molecule has 3 nitrogen and oxygen atoms in total. The molecule has 1 aromatic carbocycles. The van der Waals surface area contributed by atoms with Gasteiger partial charge in [0.15, 0.2) is 0 Å². The van der Waals surface area contributed by atoms with E-state index in [1.165, 1.54) is 6.07 Å². The predicted molar refractivity (Wildman–Crippen MR) is 64.5 cm³/mol. The fraction of sp³-hybridized carbons (Fsp3) is 0.273. The van der Waals surface area contributed by atoms with Crippen LogP contribution in [0, 0.1) is 5.82 Å². The van der Waals surface area contributed by atoms with Crippen LogP contribution in [0.2, 0.25) is 0 Å². The van der Waals surface area contributed by atoms with Crippen molar-refractivity contribution in [2.45, 2.75) is 12.8 Å². The van der Waals surface area contributed by atoms with E-state index in [1.807, 2.05) is 0 Å². The normalized spacial score (nSPS) is 9.81. The van der Waals surface area contributed by atoms with Crippen LogP contribution in [0.5, 0.6) is 0 Å². The number of halogens is 1. The summed E-state index contributed by atoms with van der Waals surface area (Å²) in [6.45, 7) is 0.186. The van der Waals surface area contributed by atoms with E-state index in [-0.39, 0.29) is 29.7 Å². The van der Waals surface area contributed by atoms with Gasteiger partial charge in [0.1, 0.15) is 5.82 Å². The van der Waals surface area contributed by atoms with Gasteiger partial charge in [0.2, 0.25) is 5.91 Å². The molecule has 0 radical (unpaired) electrons. The summed E-state index contributed by atoms with van der Waals surface area (Å²) in [7, 11) is 0. The number of hydrogen-bond acceptors (Lipinski definition) is 2. The quantitative estimate of drug-likeness (QED) is 0.759. The lowest BCUT2D eigenvalue weighted by molar-refractivity contribution is -0.120. The molecule has 0 spiro atoms. The highest BCUT2D eigenvalue weighted by Gasteiger charge is 2.05. The van der Waals surface area contributed by atoms with E-state index in [0.717, 1.165) is 0 Å². The van der Waals surface area contributed by atoms with Gasteiger partial charge >= 0.3 is 0 Å². The molecule has 0 saturated carbocycles. The fourth-order valence-electron chi connectivity index (χ4n) is 1.22. The van der Waals surface area contributed by atoms with E-state index in [0.29, 0.717) is 12.0 Å². The summed E-state index contributed by atoms with van der Waals surface area (Å²) in [5.74, 6) is -0.472. The Morgan fingerprint density at radius 3 is 2.75 bits per heavy atom. The first-order valence-electron chi connectivity index (χ1n) is 4.88. The van der Waals surface area contributed by atoms with Crippen molar-refractivity contribution >= 4 is 23.1 Å². The first-order valence-corrected chi connectivity index (χ1v) is 5.29.